The van der Waals surface area contributed by atoms with Crippen LogP contribution in [-0.2, 0) is 18.6 Å². The minimum Gasteiger partial charge on any atom is -0.491 e. The van der Waals surface area contributed by atoms with Crippen molar-refractivity contribution in [1.29, 1.82) is 0 Å². The van der Waals surface area contributed by atoms with Gasteiger partial charge in [0.05, 0.1) is 28.8 Å². The maximum atomic E-state index is 10.2. The fourth-order valence-corrected chi connectivity index (χ4v) is 4.09. The maximum absolute atomic E-state index is 10.2. The van der Waals surface area contributed by atoms with Gasteiger partial charge in [-0.25, -0.2) is 4.68 Å². The Morgan fingerprint density at radius 1 is 1.03 bits per heavy atom. The first-order chi connectivity index (χ1) is 16.2. The molecule has 3 aromatic rings. The zero-order chi connectivity index (χ0) is 24.7. The van der Waals surface area contributed by atoms with Crippen molar-refractivity contribution in [2.24, 2.45) is 0 Å². The van der Waals surface area contributed by atoms with E-state index in [4.69, 9.17) is 26.2 Å². The molecule has 8 nitrogen and oxygen atoms in total. The molecule has 0 aliphatic carbocycles. The quantitative estimate of drug-likeness (QED) is 0.216. The topological polar surface area (TPSA) is 110 Å². The first kappa shape index (κ1) is 26.7. The fourth-order valence-electron chi connectivity index (χ4n) is 3.33. The van der Waals surface area contributed by atoms with E-state index in [2.05, 4.69) is 52.8 Å². The van der Waals surface area contributed by atoms with Crippen molar-refractivity contribution in [2.75, 3.05) is 19.1 Å². The minimum atomic E-state index is -0.766. The molecule has 3 rings (SSSR count). The molecule has 1 aromatic heterocycles. The summed E-state index contributed by atoms with van der Waals surface area (Å²) in [4.78, 5) is 0. The summed E-state index contributed by atoms with van der Waals surface area (Å²) in [7, 11) is 0. The Bertz CT molecular complexity index is 1060. The molecule has 0 radical (unpaired) electrons. The monoisotopic (exact) mass is 601 g/mol. The first-order valence-electron chi connectivity index (χ1n) is 10.8. The van der Waals surface area contributed by atoms with Crippen LogP contribution in [0, 0.1) is 3.57 Å². The number of aliphatic hydroxyl groups excluding tert-OH is 3. The lowest BCUT2D eigenvalue weighted by Gasteiger charge is -2.27. The number of alkyl halides is 1. The van der Waals surface area contributed by atoms with Crippen LogP contribution < -0.4 is 9.47 Å². The van der Waals surface area contributed by atoms with Crippen molar-refractivity contribution >= 4 is 34.2 Å². The average Bonchev–Trinajstić information content (AvgIpc) is 3.29. The lowest BCUT2D eigenvalue weighted by Crippen LogP contribution is -2.24. The van der Waals surface area contributed by atoms with Crippen LogP contribution in [0.4, 0.5) is 0 Å². The number of rotatable bonds is 12. The Balaban J connectivity index is 1.59. The van der Waals surface area contributed by atoms with Gasteiger partial charge in [0, 0.05) is 5.41 Å². The zero-order valence-corrected chi connectivity index (χ0v) is 22.0. The maximum Gasteiger partial charge on any atom is 0.132 e. The highest BCUT2D eigenvalue weighted by Gasteiger charge is 2.24. The molecule has 0 bridgehead atoms. The highest BCUT2D eigenvalue weighted by atomic mass is 127. The molecule has 0 saturated heterocycles. The summed E-state index contributed by atoms with van der Waals surface area (Å²) in [6.07, 6.45) is 0.123. The van der Waals surface area contributed by atoms with E-state index in [1.54, 1.807) is 6.20 Å². The Hall–Kier alpha value is -1.92. The van der Waals surface area contributed by atoms with E-state index in [0.717, 1.165) is 14.7 Å². The van der Waals surface area contributed by atoms with Crippen LogP contribution in [0.3, 0.4) is 0 Å². The second-order valence-corrected chi connectivity index (χ2v) is 9.94. The van der Waals surface area contributed by atoms with E-state index >= 15 is 0 Å². The zero-order valence-electron chi connectivity index (χ0n) is 19.1. The smallest absolute Gasteiger partial charge is 0.132 e. The molecule has 0 spiro atoms. The number of aromatic nitrogens is 3. The molecule has 184 valence electrons. The second kappa shape index (κ2) is 12.2. The van der Waals surface area contributed by atoms with Crippen LogP contribution >= 0.6 is 34.2 Å². The van der Waals surface area contributed by atoms with E-state index in [-0.39, 0.29) is 37.7 Å². The van der Waals surface area contributed by atoms with Crippen LogP contribution in [0.2, 0.25) is 0 Å². The number of nitrogens with zero attached hydrogens (tertiary/aromatic N) is 3. The van der Waals surface area contributed by atoms with Gasteiger partial charge in [-0.15, -0.1) is 16.7 Å². The molecule has 2 aromatic carbocycles. The third kappa shape index (κ3) is 7.05. The van der Waals surface area contributed by atoms with Crippen molar-refractivity contribution in [3.63, 3.8) is 0 Å². The Morgan fingerprint density at radius 3 is 2.32 bits per heavy atom. The molecule has 0 aliphatic rings. The van der Waals surface area contributed by atoms with E-state index < -0.39 is 12.2 Å². The summed E-state index contributed by atoms with van der Waals surface area (Å²) >= 11 is 7.86. The van der Waals surface area contributed by atoms with E-state index in [9.17, 15) is 10.2 Å². The average molecular weight is 602 g/mol. The SMILES string of the molecule is CC(C)(c1ccc(OC[C@H](O)Cn2cc(CO)nn2)cc1)c1ccc(OC[C@@H](O)CCl)c(I)c1. The van der Waals surface area contributed by atoms with Gasteiger partial charge < -0.3 is 24.8 Å². The normalized spacial score (nSPS) is 13.5. The van der Waals surface area contributed by atoms with E-state index in [1.807, 2.05) is 36.4 Å². The summed E-state index contributed by atoms with van der Waals surface area (Å²) in [5.74, 6) is 1.50. The number of hydrogen-bond acceptors (Lipinski definition) is 7. The standard InChI is InChI=1S/C24H29ClIN3O5/c1-24(2,17-5-8-23(22(26)9-17)34-14-19(31)10-25)16-3-6-21(7-4-16)33-15-20(32)12-29-11-18(13-30)27-28-29/h3-9,11,19-20,30-32H,10,12-15H2,1-2H3/t19-,20+/m0/s1. The summed E-state index contributed by atoms with van der Waals surface area (Å²) in [5.41, 5.74) is 2.43. The molecule has 0 aliphatic heterocycles. The molecule has 1 heterocycles. The van der Waals surface area contributed by atoms with Crippen molar-refractivity contribution in [3.05, 3.63) is 69.1 Å². The predicted molar refractivity (Wildman–Crippen MR) is 137 cm³/mol. The van der Waals surface area contributed by atoms with Crippen LogP contribution in [0.5, 0.6) is 11.5 Å². The molecule has 10 heteroatoms. The number of halogens is 2. The number of hydrogen-bond donors (Lipinski definition) is 3. The molecule has 34 heavy (non-hydrogen) atoms. The van der Waals surface area contributed by atoms with Crippen LogP contribution in [0.1, 0.15) is 30.7 Å². The van der Waals surface area contributed by atoms with Gasteiger partial charge >= 0.3 is 0 Å². The first-order valence-corrected chi connectivity index (χ1v) is 12.4. The highest BCUT2D eigenvalue weighted by Crippen LogP contribution is 2.35. The van der Waals surface area contributed by atoms with Gasteiger partial charge in [-0.2, -0.15) is 0 Å². The predicted octanol–water partition coefficient (Wildman–Crippen LogP) is 3.12. The fraction of sp³-hybridized carbons (Fsp3) is 0.417. The summed E-state index contributed by atoms with van der Waals surface area (Å²) < 4.78 is 13.8. The summed E-state index contributed by atoms with van der Waals surface area (Å²) in [6, 6.07) is 13.8. The van der Waals surface area contributed by atoms with E-state index in [1.165, 1.54) is 4.68 Å². The van der Waals surface area contributed by atoms with Gasteiger partial charge in [-0.05, 0) is 58.0 Å². The molecule has 3 N–H and O–H groups in total. The van der Waals surface area contributed by atoms with Crippen LogP contribution in [-0.4, -0.2) is 61.6 Å². The third-order valence-electron chi connectivity index (χ3n) is 5.43. The number of ether oxygens (including phenoxy) is 2. The number of aliphatic hydroxyl groups is 3. The number of benzene rings is 2. The van der Waals surface area contributed by atoms with E-state index in [0.29, 0.717) is 17.2 Å². The molecule has 0 amide bonds. The van der Waals surface area contributed by atoms with Gasteiger partial charge in [0.15, 0.2) is 0 Å². The van der Waals surface area contributed by atoms with Gasteiger partial charge in [0.2, 0.25) is 0 Å². The van der Waals surface area contributed by atoms with Crippen LogP contribution in [0.25, 0.3) is 0 Å². The van der Waals surface area contributed by atoms with Gasteiger partial charge in [0.25, 0.3) is 0 Å². The molecule has 0 fully saturated rings. The second-order valence-electron chi connectivity index (χ2n) is 8.47. The summed E-state index contributed by atoms with van der Waals surface area (Å²) in [6.45, 7) is 4.59. The van der Waals surface area contributed by atoms with Crippen molar-refractivity contribution in [2.45, 2.75) is 44.6 Å². The molecule has 0 saturated carbocycles. The Labute approximate surface area is 217 Å². The largest absolute Gasteiger partial charge is 0.491 e. The minimum absolute atomic E-state index is 0.106. The van der Waals surface area contributed by atoms with Crippen molar-refractivity contribution < 1.29 is 24.8 Å². The van der Waals surface area contributed by atoms with Crippen LogP contribution in [0.15, 0.2) is 48.7 Å². The lowest BCUT2D eigenvalue weighted by atomic mass is 9.78. The van der Waals surface area contributed by atoms with Crippen molar-refractivity contribution in [3.8, 4) is 11.5 Å². The highest BCUT2D eigenvalue weighted by molar-refractivity contribution is 14.1. The molecular weight excluding hydrogens is 573 g/mol. The molecule has 0 unspecified atom stereocenters. The van der Waals surface area contributed by atoms with Gasteiger partial charge in [0.1, 0.15) is 42.6 Å². The van der Waals surface area contributed by atoms with Gasteiger partial charge in [-0.3, -0.25) is 0 Å². The molecular formula is C24H29ClIN3O5. The molecule has 2 atom stereocenters. The Morgan fingerprint density at radius 2 is 1.71 bits per heavy atom. The van der Waals surface area contributed by atoms with Crippen molar-refractivity contribution in [1.82, 2.24) is 15.0 Å². The Kier molecular flexibility index (Phi) is 9.55. The summed E-state index contributed by atoms with van der Waals surface area (Å²) in [5, 5.41) is 36.5. The van der Waals surface area contributed by atoms with Gasteiger partial charge in [-0.1, -0.05) is 37.3 Å². The lowest BCUT2D eigenvalue weighted by molar-refractivity contribution is 0.0888. The third-order valence-corrected chi connectivity index (χ3v) is 6.63.